The van der Waals surface area contributed by atoms with Crippen molar-refractivity contribution in [3.63, 3.8) is 0 Å². The molecule has 1 aliphatic carbocycles. The highest BCUT2D eigenvalue weighted by atomic mass is 35.5. The van der Waals surface area contributed by atoms with E-state index in [9.17, 15) is 18.4 Å². The van der Waals surface area contributed by atoms with Crippen molar-refractivity contribution in [1.82, 2.24) is 0 Å². The van der Waals surface area contributed by atoms with Crippen LogP contribution in [0.15, 0.2) is 24.3 Å². The summed E-state index contributed by atoms with van der Waals surface area (Å²) in [6.07, 6.45) is 0.325. The lowest BCUT2D eigenvalue weighted by molar-refractivity contribution is -0.124. The first kappa shape index (κ1) is 24.8. The molecular weight excluding hydrogens is 544 g/mol. The molecule has 0 aromatic heterocycles. The second-order valence-electron chi connectivity index (χ2n) is 7.69. The number of hydrogen-bond acceptors (Lipinski definition) is 3. The van der Waals surface area contributed by atoms with Gasteiger partial charge in [0.15, 0.2) is 5.82 Å². The monoisotopic (exact) mass is 556 g/mol. The largest absolute Gasteiger partial charge is 0.368 e. The summed E-state index contributed by atoms with van der Waals surface area (Å²) in [4.78, 5) is 25.1. The third-order valence-corrected chi connectivity index (χ3v) is 7.66. The van der Waals surface area contributed by atoms with Gasteiger partial charge in [-0.2, -0.15) is 0 Å². The van der Waals surface area contributed by atoms with Crippen LogP contribution in [0.25, 0.3) is 0 Å². The molecule has 33 heavy (non-hydrogen) atoms. The maximum Gasteiger partial charge on any atom is 0.253 e. The lowest BCUT2D eigenvalue weighted by atomic mass is 10.1. The van der Waals surface area contributed by atoms with Gasteiger partial charge in [-0.15, -0.1) is 23.2 Å². The maximum absolute atomic E-state index is 15.0. The first-order chi connectivity index (χ1) is 15.5. The minimum Gasteiger partial charge on any atom is -0.368 e. The predicted octanol–water partition coefficient (Wildman–Crippen LogP) is 6.57. The topological polar surface area (TPSA) is 67.4 Å². The van der Waals surface area contributed by atoms with E-state index < -0.39 is 51.4 Å². The third kappa shape index (κ3) is 4.77. The number of anilines is 2. The van der Waals surface area contributed by atoms with Crippen molar-refractivity contribution in [1.29, 1.82) is 0 Å². The highest BCUT2D eigenvalue weighted by Crippen LogP contribution is 2.65. The number of rotatable bonds is 5. The Morgan fingerprint density at radius 2 is 1.70 bits per heavy atom. The molecular formula is C21H15Cl5F2N2O3. The fraction of sp³-hybridized carbons (Fsp3) is 0.333. The highest BCUT2D eigenvalue weighted by Gasteiger charge is 2.67. The van der Waals surface area contributed by atoms with Crippen LogP contribution in [0.5, 0.6) is 0 Å². The Bertz CT molecular complexity index is 1120. The van der Waals surface area contributed by atoms with Crippen molar-refractivity contribution in [2.24, 2.45) is 5.92 Å². The van der Waals surface area contributed by atoms with Gasteiger partial charge in [-0.25, -0.2) is 8.78 Å². The minimum atomic E-state index is -1.52. The van der Waals surface area contributed by atoms with Crippen LogP contribution in [-0.4, -0.2) is 28.9 Å². The Morgan fingerprint density at radius 1 is 1.03 bits per heavy atom. The van der Waals surface area contributed by atoms with Gasteiger partial charge in [-0.05, 0) is 42.7 Å². The van der Waals surface area contributed by atoms with Gasteiger partial charge in [0.2, 0.25) is 5.91 Å². The number of alkyl halides is 2. The van der Waals surface area contributed by atoms with Crippen LogP contribution in [0.3, 0.4) is 0 Å². The molecule has 2 N–H and O–H groups in total. The molecule has 1 unspecified atom stereocenters. The van der Waals surface area contributed by atoms with E-state index in [1.54, 1.807) is 0 Å². The SMILES string of the molecule is O=C(Nc1c(F)ccc(NC(=O)[C@H]2[C@H](c3cc(Cl)c(Cl)c(Cl)c3)C2(Cl)Cl)c1F)C1CCCO1. The number of carbonyl (C=O) groups excluding carboxylic acids is 2. The molecule has 1 aliphatic heterocycles. The summed E-state index contributed by atoms with van der Waals surface area (Å²) in [6.45, 7) is 0.393. The van der Waals surface area contributed by atoms with E-state index in [0.29, 0.717) is 25.0 Å². The number of hydrogen-bond donors (Lipinski definition) is 2. The second kappa shape index (κ2) is 9.36. The van der Waals surface area contributed by atoms with Gasteiger partial charge in [0.1, 0.15) is 21.9 Å². The second-order valence-corrected chi connectivity index (χ2v) is 10.3. The molecule has 1 saturated heterocycles. The van der Waals surface area contributed by atoms with Gasteiger partial charge in [0.25, 0.3) is 5.91 Å². The van der Waals surface area contributed by atoms with E-state index in [0.717, 1.165) is 12.1 Å². The first-order valence-electron chi connectivity index (χ1n) is 9.76. The number of halogens is 7. The summed E-state index contributed by atoms with van der Waals surface area (Å²) >= 11 is 30.7. The molecule has 0 radical (unpaired) electrons. The number of amides is 2. The number of ether oxygens (including phenoxy) is 1. The summed E-state index contributed by atoms with van der Waals surface area (Å²) in [5, 5.41) is 5.00. The molecule has 176 valence electrons. The standard InChI is InChI=1S/C21H15Cl5F2N2O3/c22-9-6-8(7-10(23)16(9)24)14-15(21(14,25)26)20(32)29-12-4-3-11(27)18(17(12)28)30-19(31)13-2-1-5-33-13/h3-4,6-7,13-15H,1-2,5H2,(H,29,32)(H,30,31)/t13?,14-,15+/m0/s1. The van der Waals surface area contributed by atoms with Crippen molar-refractivity contribution in [3.8, 4) is 0 Å². The Labute approximate surface area is 212 Å². The molecule has 2 amide bonds. The molecule has 0 spiro atoms. The number of nitrogens with one attached hydrogen (secondary N) is 2. The zero-order valence-corrected chi connectivity index (χ0v) is 20.3. The van der Waals surface area contributed by atoms with E-state index in [2.05, 4.69) is 10.6 Å². The predicted molar refractivity (Wildman–Crippen MR) is 125 cm³/mol. The summed E-state index contributed by atoms with van der Waals surface area (Å²) in [5.74, 6) is -5.23. The summed E-state index contributed by atoms with van der Waals surface area (Å²) in [7, 11) is 0. The van der Waals surface area contributed by atoms with Crippen LogP contribution in [0.1, 0.15) is 24.3 Å². The van der Waals surface area contributed by atoms with Crippen LogP contribution < -0.4 is 10.6 Å². The first-order valence-corrected chi connectivity index (χ1v) is 11.6. The molecule has 12 heteroatoms. The van der Waals surface area contributed by atoms with Crippen LogP contribution in [-0.2, 0) is 14.3 Å². The smallest absolute Gasteiger partial charge is 0.253 e. The summed E-state index contributed by atoms with van der Waals surface area (Å²) < 4.78 is 32.9. The van der Waals surface area contributed by atoms with Crippen molar-refractivity contribution >= 4 is 81.2 Å². The normalized spacial score (nSPS) is 23.3. The van der Waals surface area contributed by atoms with Crippen LogP contribution in [0.2, 0.25) is 15.1 Å². The van der Waals surface area contributed by atoms with E-state index in [4.69, 9.17) is 62.7 Å². The Hall–Kier alpha value is -1.35. The quantitative estimate of drug-likeness (QED) is 0.322. The fourth-order valence-electron chi connectivity index (χ4n) is 3.78. The average molecular weight is 559 g/mol. The van der Waals surface area contributed by atoms with Gasteiger partial charge in [0.05, 0.1) is 26.7 Å². The van der Waals surface area contributed by atoms with E-state index in [1.807, 2.05) is 0 Å². The van der Waals surface area contributed by atoms with Crippen LogP contribution >= 0.6 is 58.0 Å². The molecule has 2 aromatic rings. The van der Waals surface area contributed by atoms with Gasteiger partial charge < -0.3 is 15.4 Å². The number of benzene rings is 2. The Morgan fingerprint density at radius 3 is 2.30 bits per heavy atom. The van der Waals surface area contributed by atoms with Crippen molar-refractivity contribution < 1.29 is 23.1 Å². The zero-order chi connectivity index (χ0) is 24.1. The fourth-order valence-corrected chi connectivity index (χ4v) is 5.23. The molecule has 1 heterocycles. The van der Waals surface area contributed by atoms with Gasteiger partial charge in [-0.1, -0.05) is 34.8 Å². The summed E-state index contributed by atoms with van der Waals surface area (Å²) in [6, 6.07) is 4.93. The van der Waals surface area contributed by atoms with Crippen molar-refractivity contribution in [2.45, 2.75) is 29.2 Å². The Kier molecular flexibility index (Phi) is 7.03. The molecule has 1 saturated carbocycles. The maximum atomic E-state index is 15.0. The summed E-state index contributed by atoms with van der Waals surface area (Å²) in [5.41, 5.74) is -0.574. The van der Waals surface area contributed by atoms with Crippen LogP contribution in [0, 0.1) is 17.6 Å². The van der Waals surface area contributed by atoms with Gasteiger partial charge >= 0.3 is 0 Å². The molecule has 5 nitrogen and oxygen atoms in total. The third-order valence-electron chi connectivity index (χ3n) is 5.52. The molecule has 2 fully saturated rings. The van der Waals surface area contributed by atoms with E-state index in [-0.39, 0.29) is 20.8 Å². The molecule has 4 rings (SSSR count). The van der Waals surface area contributed by atoms with Crippen molar-refractivity contribution in [3.05, 3.63) is 56.5 Å². The lowest BCUT2D eigenvalue weighted by Crippen LogP contribution is -2.28. The molecule has 2 aromatic carbocycles. The van der Waals surface area contributed by atoms with E-state index >= 15 is 0 Å². The minimum absolute atomic E-state index is 0.143. The van der Waals surface area contributed by atoms with Crippen molar-refractivity contribution in [2.75, 3.05) is 17.2 Å². The number of carbonyl (C=O) groups is 2. The Balaban J connectivity index is 1.53. The molecule has 0 bridgehead atoms. The van der Waals surface area contributed by atoms with Gasteiger partial charge in [-0.3, -0.25) is 9.59 Å². The molecule has 3 atom stereocenters. The average Bonchev–Trinajstić information content (AvgIpc) is 3.08. The van der Waals surface area contributed by atoms with E-state index in [1.165, 1.54) is 12.1 Å². The highest BCUT2D eigenvalue weighted by molar-refractivity contribution is 6.54. The molecule has 2 aliphatic rings. The van der Waals surface area contributed by atoms with Crippen LogP contribution in [0.4, 0.5) is 20.2 Å². The lowest BCUT2D eigenvalue weighted by Gasteiger charge is -2.14. The van der Waals surface area contributed by atoms with Gasteiger partial charge in [0, 0.05) is 12.5 Å². The zero-order valence-electron chi connectivity index (χ0n) is 16.5.